The number of nitrogens with zero attached hydrogens (tertiary/aromatic N) is 6. The third-order valence-corrected chi connectivity index (χ3v) is 6.74. The zero-order valence-corrected chi connectivity index (χ0v) is 18.2. The van der Waals surface area contributed by atoms with E-state index in [0.29, 0.717) is 12.4 Å². The zero-order valence-electron chi connectivity index (χ0n) is 17.3. The summed E-state index contributed by atoms with van der Waals surface area (Å²) in [5, 5.41) is 3.62. The normalized spacial score (nSPS) is 13.1. The Kier molecular flexibility index (Phi) is 5.42. The highest BCUT2D eigenvalue weighted by molar-refractivity contribution is 7.91. The molecule has 4 aromatic rings. The Morgan fingerprint density at radius 1 is 0.971 bits per heavy atom. The number of pyridine rings is 2. The summed E-state index contributed by atoms with van der Waals surface area (Å²) in [6, 6.07) is 1.82. The van der Waals surface area contributed by atoms with Gasteiger partial charge in [-0.25, -0.2) is 28.1 Å². The first-order valence-electron chi connectivity index (χ1n) is 9.47. The number of rotatable bonds is 4. The molecule has 0 N–H and O–H groups in total. The van der Waals surface area contributed by atoms with Crippen LogP contribution < -0.4 is 0 Å². The first-order chi connectivity index (χ1) is 15.7. The second kappa shape index (κ2) is 7.78. The minimum Gasteiger partial charge on any atom is -0.324 e. The van der Waals surface area contributed by atoms with Gasteiger partial charge in [0.1, 0.15) is 11.4 Å². The predicted octanol–water partition coefficient (Wildman–Crippen LogP) is 4.05. The Balaban J connectivity index is 1.91. The van der Waals surface area contributed by atoms with Crippen LogP contribution in [-0.2, 0) is 29.2 Å². The van der Waals surface area contributed by atoms with Crippen molar-refractivity contribution in [3.63, 3.8) is 0 Å². The van der Waals surface area contributed by atoms with E-state index in [9.17, 15) is 34.8 Å². The van der Waals surface area contributed by atoms with Crippen LogP contribution >= 0.6 is 0 Å². The van der Waals surface area contributed by atoms with Gasteiger partial charge < -0.3 is 4.57 Å². The van der Waals surface area contributed by atoms with Crippen LogP contribution in [0.5, 0.6) is 0 Å². The fraction of sp³-hybridized carbons (Fsp3) is 0.263. The quantitative estimate of drug-likeness (QED) is 0.389. The molecule has 4 aromatic heterocycles. The monoisotopic (exact) mass is 504 g/mol. The summed E-state index contributed by atoms with van der Waals surface area (Å²) in [5.41, 5.74) is -2.36. The molecule has 0 aliphatic heterocycles. The number of sulfone groups is 1. The molecule has 0 bridgehead atoms. The molecule has 4 heterocycles. The standard InChI is InChI=1S/C19H14F6N6O2S/c1-3-34(32,33)14-4-11(31-9-10(6-28-31)18(20,21)22)7-27-16(14)17-29-12-5-15(19(23,24)25)26-8-13(12)30(17)2/h4-9H,3H2,1-2H3. The van der Waals surface area contributed by atoms with E-state index in [1.165, 1.54) is 18.5 Å². The molecule has 8 nitrogen and oxygen atoms in total. The molecular weight excluding hydrogens is 490 g/mol. The highest BCUT2D eigenvalue weighted by atomic mass is 32.2. The second-order valence-electron chi connectivity index (χ2n) is 7.17. The highest BCUT2D eigenvalue weighted by Gasteiger charge is 2.34. The van der Waals surface area contributed by atoms with Crippen molar-refractivity contribution in [2.24, 2.45) is 7.05 Å². The Morgan fingerprint density at radius 2 is 1.68 bits per heavy atom. The molecule has 0 spiro atoms. The van der Waals surface area contributed by atoms with Gasteiger partial charge in [0, 0.05) is 13.2 Å². The van der Waals surface area contributed by atoms with Gasteiger partial charge in [-0.2, -0.15) is 31.4 Å². The van der Waals surface area contributed by atoms with E-state index >= 15 is 0 Å². The van der Waals surface area contributed by atoms with Crippen LogP contribution in [0.2, 0.25) is 0 Å². The summed E-state index contributed by atoms with van der Waals surface area (Å²) < 4.78 is 106. The molecule has 0 radical (unpaired) electrons. The van der Waals surface area contributed by atoms with Gasteiger partial charge in [-0.15, -0.1) is 0 Å². The van der Waals surface area contributed by atoms with Gasteiger partial charge >= 0.3 is 12.4 Å². The van der Waals surface area contributed by atoms with Crippen molar-refractivity contribution >= 4 is 20.9 Å². The smallest absolute Gasteiger partial charge is 0.324 e. The van der Waals surface area contributed by atoms with Crippen molar-refractivity contribution < 1.29 is 34.8 Å². The van der Waals surface area contributed by atoms with E-state index in [-0.39, 0.29) is 38.9 Å². The highest BCUT2D eigenvalue weighted by Crippen LogP contribution is 2.33. The lowest BCUT2D eigenvalue weighted by atomic mass is 10.3. The molecule has 0 atom stereocenters. The van der Waals surface area contributed by atoms with E-state index in [1.54, 1.807) is 0 Å². The summed E-state index contributed by atoms with van der Waals surface area (Å²) >= 11 is 0. The lowest BCUT2D eigenvalue weighted by Gasteiger charge is -2.11. The summed E-state index contributed by atoms with van der Waals surface area (Å²) in [6.45, 7) is 1.36. The molecule has 0 aromatic carbocycles. The van der Waals surface area contributed by atoms with E-state index in [1.807, 2.05) is 0 Å². The zero-order chi connectivity index (χ0) is 25.1. The third-order valence-electron chi connectivity index (χ3n) is 5.00. The van der Waals surface area contributed by atoms with E-state index in [0.717, 1.165) is 29.2 Å². The molecule has 34 heavy (non-hydrogen) atoms. The van der Waals surface area contributed by atoms with Crippen LogP contribution in [0.25, 0.3) is 28.2 Å². The van der Waals surface area contributed by atoms with E-state index in [4.69, 9.17) is 0 Å². The van der Waals surface area contributed by atoms with Gasteiger partial charge in [-0.1, -0.05) is 6.92 Å². The summed E-state index contributed by atoms with van der Waals surface area (Å²) in [4.78, 5) is 11.2. The number of aromatic nitrogens is 6. The maximum Gasteiger partial charge on any atom is 0.433 e. The van der Waals surface area contributed by atoms with Crippen LogP contribution in [0, 0.1) is 0 Å². The van der Waals surface area contributed by atoms with Crippen LogP contribution in [0.3, 0.4) is 0 Å². The fourth-order valence-electron chi connectivity index (χ4n) is 3.19. The SMILES string of the molecule is CCS(=O)(=O)c1cc(-n2cc(C(F)(F)F)cn2)cnc1-c1nc2cc(C(F)(F)F)ncc2n1C. The van der Waals surface area contributed by atoms with Crippen LogP contribution in [-0.4, -0.2) is 43.5 Å². The van der Waals surface area contributed by atoms with Crippen molar-refractivity contribution in [3.05, 3.63) is 48.2 Å². The van der Waals surface area contributed by atoms with Crippen molar-refractivity contribution in [2.75, 3.05) is 5.75 Å². The van der Waals surface area contributed by atoms with Gasteiger partial charge in [0.15, 0.2) is 15.7 Å². The Bertz CT molecular complexity index is 1500. The maximum atomic E-state index is 13.0. The summed E-state index contributed by atoms with van der Waals surface area (Å²) in [6.07, 6.45) is -6.05. The van der Waals surface area contributed by atoms with Crippen molar-refractivity contribution in [1.82, 2.24) is 29.3 Å². The number of imidazole rings is 1. The van der Waals surface area contributed by atoms with Crippen LogP contribution in [0.1, 0.15) is 18.2 Å². The van der Waals surface area contributed by atoms with Crippen LogP contribution in [0.15, 0.2) is 41.8 Å². The average Bonchev–Trinajstić information content (AvgIpc) is 3.38. The number of alkyl halides is 6. The molecule has 0 amide bonds. The van der Waals surface area contributed by atoms with E-state index in [2.05, 4.69) is 20.1 Å². The summed E-state index contributed by atoms with van der Waals surface area (Å²) in [5.74, 6) is -0.437. The predicted molar refractivity (Wildman–Crippen MR) is 107 cm³/mol. The average molecular weight is 504 g/mol. The number of hydrogen-bond acceptors (Lipinski definition) is 6. The van der Waals surface area contributed by atoms with Crippen LogP contribution in [0.4, 0.5) is 26.3 Å². The molecule has 0 saturated carbocycles. The Labute approximate surface area is 187 Å². The molecular formula is C19H14F6N6O2S. The maximum absolute atomic E-state index is 13.0. The topological polar surface area (TPSA) is 95.6 Å². The van der Waals surface area contributed by atoms with Gasteiger partial charge in [-0.3, -0.25) is 0 Å². The number of fused-ring (bicyclic) bond motifs is 1. The van der Waals surface area contributed by atoms with Crippen molar-refractivity contribution in [1.29, 1.82) is 0 Å². The molecule has 0 aliphatic carbocycles. The molecule has 180 valence electrons. The summed E-state index contributed by atoms with van der Waals surface area (Å²) in [7, 11) is -2.54. The van der Waals surface area contributed by atoms with Gasteiger partial charge in [0.25, 0.3) is 0 Å². The number of aryl methyl sites for hydroxylation is 1. The number of hydrogen-bond donors (Lipinski definition) is 0. The first kappa shape index (κ1) is 23.7. The van der Waals surface area contributed by atoms with Crippen molar-refractivity contribution in [3.8, 4) is 17.2 Å². The molecule has 0 aliphatic rings. The Morgan fingerprint density at radius 3 is 2.26 bits per heavy atom. The molecule has 4 rings (SSSR count). The fourth-order valence-corrected chi connectivity index (χ4v) is 4.24. The Hall–Kier alpha value is -3.49. The molecule has 0 unspecified atom stereocenters. The van der Waals surface area contributed by atoms with Gasteiger partial charge in [0.2, 0.25) is 0 Å². The number of halogens is 6. The van der Waals surface area contributed by atoms with E-state index < -0.39 is 33.4 Å². The van der Waals surface area contributed by atoms with Crippen molar-refractivity contribution in [2.45, 2.75) is 24.2 Å². The minimum atomic E-state index is -4.71. The molecule has 0 saturated heterocycles. The minimum absolute atomic E-state index is 0.0638. The first-order valence-corrected chi connectivity index (χ1v) is 11.1. The molecule has 15 heteroatoms. The lowest BCUT2D eigenvalue weighted by Crippen LogP contribution is -2.10. The largest absolute Gasteiger partial charge is 0.433 e. The lowest BCUT2D eigenvalue weighted by molar-refractivity contribution is -0.141. The van der Waals surface area contributed by atoms with Gasteiger partial charge in [-0.05, 0) is 12.1 Å². The second-order valence-corrected chi connectivity index (χ2v) is 9.41. The van der Waals surface area contributed by atoms with Gasteiger partial charge in [0.05, 0.1) is 51.5 Å². The molecule has 0 fully saturated rings. The third kappa shape index (κ3) is 4.10.